The quantitative estimate of drug-likeness (QED) is 0.827. The highest BCUT2D eigenvalue weighted by molar-refractivity contribution is 5.30. The van der Waals surface area contributed by atoms with Crippen LogP contribution in [0.1, 0.15) is 12.0 Å². The standard InChI is InChI=1S/C11H12F3NO/c12-5-11(15,7-4-9(7)16)6-2-1-3-8(13)10(6)14/h1-3,7,9,16H,4-5,15H2/t7-,9+,11+/m0/s1. The molecule has 0 heterocycles. The summed E-state index contributed by atoms with van der Waals surface area (Å²) in [6.07, 6.45) is -0.417. The Labute approximate surface area is 90.9 Å². The van der Waals surface area contributed by atoms with E-state index >= 15 is 0 Å². The average molecular weight is 231 g/mol. The molecule has 1 aliphatic rings. The first kappa shape index (κ1) is 11.4. The lowest BCUT2D eigenvalue weighted by molar-refractivity contribution is 0.194. The van der Waals surface area contributed by atoms with E-state index in [0.717, 1.165) is 6.07 Å². The lowest BCUT2D eigenvalue weighted by atomic mass is 9.86. The van der Waals surface area contributed by atoms with E-state index in [0.29, 0.717) is 6.42 Å². The highest BCUT2D eigenvalue weighted by Gasteiger charge is 2.52. The second-order valence-corrected chi connectivity index (χ2v) is 4.18. The molecular weight excluding hydrogens is 219 g/mol. The molecule has 0 aliphatic heterocycles. The summed E-state index contributed by atoms with van der Waals surface area (Å²) in [7, 11) is 0. The van der Waals surface area contributed by atoms with Crippen molar-refractivity contribution >= 4 is 0 Å². The van der Waals surface area contributed by atoms with Crippen molar-refractivity contribution < 1.29 is 18.3 Å². The van der Waals surface area contributed by atoms with Crippen LogP contribution in [0.2, 0.25) is 0 Å². The van der Waals surface area contributed by atoms with Crippen molar-refractivity contribution in [3.05, 3.63) is 35.4 Å². The molecule has 0 saturated heterocycles. The molecule has 0 radical (unpaired) electrons. The molecule has 0 bridgehead atoms. The summed E-state index contributed by atoms with van der Waals surface area (Å²) in [5.41, 5.74) is 3.90. The number of alkyl halides is 1. The molecule has 3 atom stereocenters. The normalized spacial score (nSPS) is 27.6. The number of benzene rings is 1. The Bertz CT molecular complexity index is 412. The first-order valence-electron chi connectivity index (χ1n) is 4.98. The summed E-state index contributed by atoms with van der Waals surface area (Å²) >= 11 is 0. The monoisotopic (exact) mass is 231 g/mol. The summed E-state index contributed by atoms with van der Waals surface area (Å²) < 4.78 is 39.5. The zero-order valence-corrected chi connectivity index (χ0v) is 8.46. The molecule has 0 aromatic heterocycles. The molecule has 1 fully saturated rings. The number of hydrogen-bond donors (Lipinski definition) is 2. The van der Waals surface area contributed by atoms with Crippen LogP contribution in [0.4, 0.5) is 13.2 Å². The number of aliphatic hydroxyl groups excluding tert-OH is 1. The molecule has 88 valence electrons. The fraction of sp³-hybridized carbons (Fsp3) is 0.455. The number of hydrogen-bond acceptors (Lipinski definition) is 2. The summed E-state index contributed by atoms with van der Waals surface area (Å²) in [6, 6.07) is 3.48. The van der Waals surface area contributed by atoms with Crippen LogP contribution in [-0.4, -0.2) is 17.9 Å². The predicted molar refractivity (Wildman–Crippen MR) is 52.3 cm³/mol. The maximum absolute atomic E-state index is 13.5. The Kier molecular flexibility index (Phi) is 2.67. The summed E-state index contributed by atoms with van der Waals surface area (Å²) in [6.45, 7) is -1.03. The van der Waals surface area contributed by atoms with Gasteiger partial charge in [-0.25, -0.2) is 13.2 Å². The van der Waals surface area contributed by atoms with E-state index in [2.05, 4.69) is 0 Å². The third-order valence-electron chi connectivity index (χ3n) is 3.09. The third-order valence-corrected chi connectivity index (χ3v) is 3.09. The number of halogens is 3. The molecule has 2 rings (SSSR count). The zero-order chi connectivity index (χ0) is 11.9. The second-order valence-electron chi connectivity index (χ2n) is 4.18. The SMILES string of the molecule is N[C@](CF)(c1cccc(F)c1F)[C@H]1C[C@H]1O. The minimum Gasteiger partial charge on any atom is -0.393 e. The van der Waals surface area contributed by atoms with Gasteiger partial charge in [-0.15, -0.1) is 0 Å². The van der Waals surface area contributed by atoms with E-state index in [9.17, 15) is 18.3 Å². The van der Waals surface area contributed by atoms with Crippen LogP contribution in [-0.2, 0) is 5.54 Å². The molecule has 0 amide bonds. The zero-order valence-electron chi connectivity index (χ0n) is 8.46. The van der Waals surface area contributed by atoms with Crippen LogP contribution in [0.15, 0.2) is 18.2 Å². The Balaban J connectivity index is 2.44. The van der Waals surface area contributed by atoms with Gasteiger partial charge in [-0.3, -0.25) is 0 Å². The minimum atomic E-state index is -1.63. The summed E-state index contributed by atoms with van der Waals surface area (Å²) in [4.78, 5) is 0. The smallest absolute Gasteiger partial charge is 0.163 e. The third kappa shape index (κ3) is 1.60. The van der Waals surface area contributed by atoms with Gasteiger partial charge in [-0.1, -0.05) is 12.1 Å². The van der Waals surface area contributed by atoms with Gasteiger partial charge in [0.15, 0.2) is 11.6 Å². The van der Waals surface area contributed by atoms with Crippen molar-refractivity contribution in [1.82, 2.24) is 0 Å². The highest BCUT2D eigenvalue weighted by atomic mass is 19.2. The van der Waals surface area contributed by atoms with Crippen molar-refractivity contribution in [3.63, 3.8) is 0 Å². The van der Waals surface area contributed by atoms with E-state index in [1.807, 2.05) is 0 Å². The molecule has 5 heteroatoms. The van der Waals surface area contributed by atoms with Crippen molar-refractivity contribution in [2.75, 3.05) is 6.67 Å². The van der Waals surface area contributed by atoms with E-state index in [-0.39, 0.29) is 5.56 Å². The topological polar surface area (TPSA) is 46.2 Å². The van der Waals surface area contributed by atoms with Crippen LogP contribution in [0.3, 0.4) is 0 Å². The molecular formula is C11H12F3NO. The lowest BCUT2D eigenvalue weighted by Gasteiger charge is -2.27. The molecule has 0 spiro atoms. The fourth-order valence-electron chi connectivity index (χ4n) is 1.97. The molecule has 3 N–H and O–H groups in total. The summed E-state index contributed by atoms with van der Waals surface area (Å²) in [5, 5.41) is 9.25. The molecule has 0 unspecified atom stereocenters. The van der Waals surface area contributed by atoms with Crippen LogP contribution in [0, 0.1) is 17.6 Å². The lowest BCUT2D eigenvalue weighted by Crippen LogP contribution is -2.43. The maximum atomic E-state index is 13.5. The molecule has 1 saturated carbocycles. The van der Waals surface area contributed by atoms with Crippen molar-refractivity contribution in [2.45, 2.75) is 18.1 Å². The summed E-state index contributed by atoms with van der Waals surface area (Å²) in [5.74, 6) is -2.74. The number of rotatable bonds is 3. The van der Waals surface area contributed by atoms with Gasteiger partial charge in [0, 0.05) is 11.5 Å². The van der Waals surface area contributed by atoms with E-state index in [1.165, 1.54) is 12.1 Å². The van der Waals surface area contributed by atoms with Crippen LogP contribution >= 0.6 is 0 Å². The van der Waals surface area contributed by atoms with Crippen LogP contribution in [0.5, 0.6) is 0 Å². The molecule has 1 aromatic carbocycles. The van der Waals surface area contributed by atoms with Gasteiger partial charge in [-0.05, 0) is 12.5 Å². The molecule has 1 aromatic rings. The highest BCUT2D eigenvalue weighted by Crippen LogP contribution is 2.45. The van der Waals surface area contributed by atoms with Gasteiger partial charge < -0.3 is 10.8 Å². The Morgan fingerprint density at radius 2 is 2.06 bits per heavy atom. The Hall–Kier alpha value is -1.07. The van der Waals surface area contributed by atoms with E-state index in [4.69, 9.17) is 5.73 Å². The average Bonchev–Trinajstić information content (AvgIpc) is 2.99. The van der Waals surface area contributed by atoms with Gasteiger partial charge in [0.2, 0.25) is 0 Å². The van der Waals surface area contributed by atoms with E-state index in [1.54, 1.807) is 0 Å². The predicted octanol–water partition coefficient (Wildman–Crippen LogP) is 1.47. The molecule has 1 aliphatic carbocycles. The minimum absolute atomic E-state index is 0.212. The van der Waals surface area contributed by atoms with Crippen molar-refractivity contribution in [1.29, 1.82) is 0 Å². The Morgan fingerprint density at radius 1 is 1.44 bits per heavy atom. The number of aliphatic hydroxyl groups is 1. The van der Waals surface area contributed by atoms with Crippen molar-refractivity contribution in [2.24, 2.45) is 11.7 Å². The fourth-order valence-corrected chi connectivity index (χ4v) is 1.97. The van der Waals surface area contributed by atoms with Gasteiger partial charge in [0.1, 0.15) is 6.67 Å². The number of nitrogens with two attached hydrogens (primary N) is 1. The first-order valence-corrected chi connectivity index (χ1v) is 4.98. The second kappa shape index (κ2) is 3.75. The van der Waals surface area contributed by atoms with Crippen LogP contribution in [0.25, 0.3) is 0 Å². The van der Waals surface area contributed by atoms with Gasteiger partial charge in [-0.2, -0.15) is 0 Å². The van der Waals surface area contributed by atoms with Gasteiger partial charge >= 0.3 is 0 Å². The van der Waals surface area contributed by atoms with Gasteiger partial charge in [0.25, 0.3) is 0 Å². The van der Waals surface area contributed by atoms with Crippen molar-refractivity contribution in [3.8, 4) is 0 Å². The Morgan fingerprint density at radius 3 is 2.56 bits per heavy atom. The molecule has 2 nitrogen and oxygen atoms in total. The largest absolute Gasteiger partial charge is 0.393 e. The molecule has 16 heavy (non-hydrogen) atoms. The maximum Gasteiger partial charge on any atom is 0.163 e. The van der Waals surface area contributed by atoms with Crippen LogP contribution < -0.4 is 5.73 Å². The van der Waals surface area contributed by atoms with Gasteiger partial charge in [0.05, 0.1) is 11.6 Å². The first-order chi connectivity index (χ1) is 7.50. The van der Waals surface area contributed by atoms with E-state index < -0.39 is 35.9 Å².